The first-order chi connectivity index (χ1) is 14.7. The van der Waals surface area contributed by atoms with E-state index in [1.165, 1.54) is 17.7 Å². The van der Waals surface area contributed by atoms with Crippen molar-refractivity contribution < 1.29 is 18.0 Å². The van der Waals surface area contributed by atoms with Gasteiger partial charge in [0.1, 0.15) is 0 Å². The summed E-state index contributed by atoms with van der Waals surface area (Å²) in [6.45, 7) is 4.27. The van der Waals surface area contributed by atoms with Crippen LogP contribution in [0.3, 0.4) is 0 Å². The summed E-state index contributed by atoms with van der Waals surface area (Å²) in [6, 6.07) is -0.0180. The van der Waals surface area contributed by atoms with E-state index < -0.39 is 21.0 Å². The second-order valence-corrected chi connectivity index (χ2v) is 13.2. The molecule has 0 radical (unpaired) electrons. The van der Waals surface area contributed by atoms with Crippen molar-refractivity contribution in [2.75, 3.05) is 32.4 Å². The first-order valence-corrected chi connectivity index (χ1v) is 13.7. The van der Waals surface area contributed by atoms with Crippen molar-refractivity contribution in [2.24, 2.45) is 17.3 Å². The van der Waals surface area contributed by atoms with Crippen LogP contribution in [-0.4, -0.2) is 84.9 Å². The summed E-state index contributed by atoms with van der Waals surface area (Å²) in [5.74, 6) is -0.0870. The summed E-state index contributed by atoms with van der Waals surface area (Å²) in [4.78, 5) is 29.7. The number of piperidine rings is 1. The van der Waals surface area contributed by atoms with E-state index in [0.29, 0.717) is 31.8 Å². The van der Waals surface area contributed by atoms with Gasteiger partial charge >= 0.3 is 6.03 Å². The molecular weight excluding hydrogens is 416 g/mol. The lowest BCUT2D eigenvalue weighted by Crippen LogP contribution is -2.63. The first-order valence-electron chi connectivity index (χ1n) is 12.0. The van der Waals surface area contributed by atoms with Gasteiger partial charge in [-0.3, -0.25) is 15.1 Å². The van der Waals surface area contributed by atoms with E-state index in [-0.39, 0.29) is 35.1 Å². The molecule has 3 aliphatic heterocycles. The molecule has 5 unspecified atom stereocenters. The molecule has 2 aliphatic carbocycles. The fourth-order valence-corrected chi connectivity index (χ4v) is 8.85. The predicted octanol–water partition coefficient (Wildman–Crippen LogP) is 1.62. The normalized spacial score (nSPS) is 38.2. The zero-order valence-corrected chi connectivity index (χ0v) is 19.6. The second-order valence-electron chi connectivity index (χ2n) is 10.9. The predicted molar refractivity (Wildman–Crippen MR) is 117 cm³/mol. The average molecular weight is 453 g/mol. The van der Waals surface area contributed by atoms with Crippen molar-refractivity contribution in [3.05, 3.63) is 0 Å². The molecule has 3 amide bonds. The van der Waals surface area contributed by atoms with Crippen molar-refractivity contribution in [3.63, 3.8) is 0 Å². The minimum Gasteiger partial charge on any atom is -0.324 e. The molecule has 0 aromatic heterocycles. The van der Waals surface area contributed by atoms with Gasteiger partial charge in [0.05, 0.1) is 16.9 Å². The Balaban J connectivity index is 1.31. The van der Waals surface area contributed by atoms with Crippen molar-refractivity contribution in [1.82, 2.24) is 20.2 Å². The molecule has 0 aromatic rings. The van der Waals surface area contributed by atoms with E-state index in [2.05, 4.69) is 10.4 Å². The molecule has 3 saturated heterocycles. The molecule has 174 valence electrons. The smallest absolute Gasteiger partial charge is 0.324 e. The van der Waals surface area contributed by atoms with Crippen molar-refractivity contribution >= 4 is 21.8 Å². The van der Waals surface area contributed by atoms with Gasteiger partial charge in [-0.05, 0) is 50.4 Å². The number of rotatable bonds is 5. The van der Waals surface area contributed by atoms with Crippen LogP contribution in [0.5, 0.6) is 0 Å². The molecule has 0 aromatic carbocycles. The summed E-state index contributed by atoms with van der Waals surface area (Å²) < 4.78 is 26.1. The van der Waals surface area contributed by atoms with Crippen LogP contribution in [0.2, 0.25) is 0 Å². The minimum absolute atomic E-state index is 0.0631. The highest BCUT2D eigenvalue weighted by atomic mass is 32.2. The van der Waals surface area contributed by atoms with E-state index in [1.807, 2.05) is 6.92 Å². The van der Waals surface area contributed by atoms with Crippen LogP contribution >= 0.6 is 0 Å². The largest absolute Gasteiger partial charge is 0.326 e. The number of imide groups is 1. The maximum absolute atomic E-state index is 13.5. The van der Waals surface area contributed by atoms with Crippen LogP contribution in [-0.2, 0) is 14.6 Å². The second kappa shape index (κ2) is 7.70. The average Bonchev–Trinajstić information content (AvgIpc) is 3.32. The van der Waals surface area contributed by atoms with E-state index in [0.717, 1.165) is 32.4 Å². The topological polar surface area (TPSA) is 90.0 Å². The molecule has 9 heteroatoms. The number of carbonyl (C=O) groups excluding carboxylic acids is 2. The van der Waals surface area contributed by atoms with Crippen LogP contribution in [0.4, 0.5) is 4.79 Å². The first kappa shape index (κ1) is 21.6. The maximum atomic E-state index is 13.5. The lowest BCUT2D eigenvalue weighted by molar-refractivity contribution is -0.140. The standard InChI is InChI=1S/C22H36N4O4S/c1-22(8-9-22)14-31(29,30)16-6-7-19-17(11-16)20(27)25(21(28)24(19)2)13-15-12-23-26-10-4-3-5-18(15)26/h15-19,23H,3-14H2,1-2H3. The van der Waals surface area contributed by atoms with Crippen molar-refractivity contribution in [2.45, 2.75) is 75.6 Å². The number of amides is 3. The highest BCUT2D eigenvalue weighted by molar-refractivity contribution is 7.92. The zero-order valence-electron chi connectivity index (χ0n) is 18.8. The Labute approximate surface area is 185 Å². The summed E-state index contributed by atoms with van der Waals surface area (Å²) >= 11 is 0. The number of nitrogens with zero attached hydrogens (tertiary/aromatic N) is 3. The number of urea groups is 1. The van der Waals surface area contributed by atoms with Gasteiger partial charge in [0.2, 0.25) is 5.91 Å². The van der Waals surface area contributed by atoms with E-state index >= 15 is 0 Å². The van der Waals surface area contributed by atoms with Gasteiger partial charge in [-0.25, -0.2) is 18.2 Å². The summed E-state index contributed by atoms with van der Waals surface area (Å²) in [5, 5.41) is 1.82. The number of sulfone groups is 1. The molecule has 3 heterocycles. The molecule has 5 atom stereocenters. The lowest BCUT2D eigenvalue weighted by Gasteiger charge is -2.47. The Bertz CT molecular complexity index is 858. The Morgan fingerprint density at radius 1 is 1.10 bits per heavy atom. The number of nitrogens with one attached hydrogen (secondary N) is 1. The number of hydrogen-bond donors (Lipinski definition) is 1. The molecule has 1 N–H and O–H groups in total. The quantitative estimate of drug-likeness (QED) is 0.682. The van der Waals surface area contributed by atoms with Gasteiger partial charge in [0, 0.05) is 44.7 Å². The van der Waals surface area contributed by atoms with Crippen LogP contribution in [0.15, 0.2) is 0 Å². The molecule has 5 fully saturated rings. The Kier molecular flexibility index (Phi) is 5.37. The van der Waals surface area contributed by atoms with Crippen LogP contribution < -0.4 is 5.43 Å². The third-order valence-corrected chi connectivity index (χ3v) is 11.2. The van der Waals surface area contributed by atoms with Crippen LogP contribution in [0.25, 0.3) is 0 Å². The maximum Gasteiger partial charge on any atom is 0.326 e. The highest BCUT2D eigenvalue weighted by Gasteiger charge is 2.52. The summed E-state index contributed by atoms with van der Waals surface area (Å²) in [6.07, 6.45) is 6.90. The Hall–Kier alpha value is -1.19. The molecule has 5 aliphatic rings. The number of hydrogen-bond acceptors (Lipinski definition) is 6. The number of hydrazine groups is 1. The van der Waals surface area contributed by atoms with Gasteiger partial charge in [0.25, 0.3) is 0 Å². The van der Waals surface area contributed by atoms with Crippen molar-refractivity contribution in [1.29, 1.82) is 0 Å². The van der Waals surface area contributed by atoms with Gasteiger partial charge in [0.15, 0.2) is 9.84 Å². The van der Waals surface area contributed by atoms with E-state index in [1.54, 1.807) is 11.9 Å². The van der Waals surface area contributed by atoms with Gasteiger partial charge in [-0.2, -0.15) is 0 Å². The Morgan fingerprint density at radius 3 is 2.61 bits per heavy atom. The van der Waals surface area contributed by atoms with Crippen molar-refractivity contribution in [3.8, 4) is 0 Å². The molecular formula is C22H36N4O4S. The third kappa shape index (κ3) is 3.91. The van der Waals surface area contributed by atoms with Crippen LogP contribution in [0.1, 0.15) is 58.3 Å². The van der Waals surface area contributed by atoms with Gasteiger partial charge < -0.3 is 4.90 Å². The highest BCUT2D eigenvalue weighted by Crippen LogP contribution is 2.48. The fourth-order valence-electron chi connectivity index (χ4n) is 6.36. The number of fused-ring (bicyclic) bond motifs is 2. The van der Waals surface area contributed by atoms with E-state index in [9.17, 15) is 18.0 Å². The molecule has 5 rings (SSSR count). The SMILES string of the molecule is CN1C(=O)N(CC2CNN3CCCCC23)C(=O)C2CC(S(=O)(=O)CC3(C)CC3)CCC21. The van der Waals surface area contributed by atoms with Crippen LogP contribution in [0, 0.1) is 17.3 Å². The lowest BCUT2D eigenvalue weighted by atomic mass is 9.80. The number of carbonyl (C=O) groups is 2. The molecule has 0 spiro atoms. The molecule has 8 nitrogen and oxygen atoms in total. The molecule has 2 saturated carbocycles. The Morgan fingerprint density at radius 2 is 1.87 bits per heavy atom. The molecule has 31 heavy (non-hydrogen) atoms. The fraction of sp³-hybridized carbons (Fsp3) is 0.909. The van der Waals surface area contributed by atoms with Gasteiger partial charge in [-0.1, -0.05) is 13.3 Å². The summed E-state index contributed by atoms with van der Waals surface area (Å²) in [5.41, 5.74) is 3.38. The van der Waals surface area contributed by atoms with Gasteiger partial charge in [-0.15, -0.1) is 0 Å². The third-order valence-electron chi connectivity index (χ3n) is 8.61. The monoisotopic (exact) mass is 452 g/mol. The molecule has 0 bridgehead atoms. The minimum atomic E-state index is -3.23. The van der Waals surface area contributed by atoms with E-state index in [4.69, 9.17) is 0 Å². The summed E-state index contributed by atoms with van der Waals surface area (Å²) in [7, 11) is -1.45. The zero-order chi connectivity index (χ0) is 22.0.